The molecule has 2 rings (SSSR count). The van der Waals surface area contributed by atoms with Gasteiger partial charge in [0.25, 0.3) is 0 Å². The number of thiophene rings is 1. The average molecular weight is 234 g/mol. The lowest BCUT2D eigenvalue weighted by Gasteiger charge is -2.28. The van der Waals surface area contributed by atoms with Gasteiger partial charge < -0.3 is 0 Å². The van der Waals surface area contributed by atoms with Gasteiger partial charge in [0.15, 0.2) is 0 Å². The molecule has 2 atom stereocenters. The molecule has 0 aliphatic carbocycles. The summed E-state index contributed by atoms with van der Waals surface area (Å²) in [5.74, 6) is 0. The van der Waals surface area contributed by atoms with Crippen LogP contribution in [0.1, 0.15) is 42.0 Å². The summed E-state index contributed by atoms with van der Waals surface area (Å²) in [5, 5.41) is 8.78. The molecule has 1 aromatic heterocycles. The maximum absolute atomic E-state index is 8.78. The van der Waals surface area contributed by atoms with E-state index < -0.39 is 0 Å². The van der Waals surface area contributed by atoms with Crippen LogP contribution >= 0.6 is 11.3 Å². The van der Waals surface area contributed by atoms with E-state index in [2.05, 4.69) is 36.9 Å². The zero-order chi connectivity index (χ0) is 11.5. The summed E-state index contributed by atoms with van der Waals surface area (Å²) in [7, 11) is 0. The highest BCUT2D eigenvalue weighted by molar-refractivity contribution is 7.12. The second-order valence-electron chi connectivity index (χ2n) is 4.56. The average Bonchev–Trinajstić information content (AvgIpc) is 2.85. The number of likely N-dealkylation sites (tertiary alicyclic amines) is 1. The van der Waals surface area contributed by atoms with E-state index >= 15 is 0 Å². The number of hydrogen-bond donors (Lipinski definition) is 0. The van der Waals surface area contributed by atoms with Crippen LogP contribution in [0, 0.1) is 18.3 Å². The van der Waals surface area contributed by atoms with Gasteiger partial charge in [-0.25, -0.2) is 0 Å². The minimum absolute atomic E-state index is 0.389. The second kappa shape index (κ2) is 4.99. The number of hydrogen-bond acceptors (Lipinski definition) is 3. The zero-order valence-electron chi connectivity index (χ0n) is 9.94. The maximum atomic E-state index is 8.78. The molecule has 3 heteroatoms. The van der Waals surface area contributed by atoms with Gasteiger partial charge in [0.2, 0.25) is 0 Å². The fraction of sp³-hybridized carbons (Fsp3) is 0.615. The molecule has 0 N–H and O–H groups in total. The van der Waals surface area contributed by atoms with E-state index in [1.54, 1.807) is 0 Å². The van der Waals surface area contributed by atoms with Gasteiger partial charge in [0.05, 0.1) is 12.5 Å². The van der Waals surface area contributed by atoms with Crippen molar-refractivity contribution >= 4 is 11.3 Å². The van der Waals surface area contributed by atoms with Crippen LogP contribution < -0.4 is 0 Å². The molecule has 0 saturated carbocycles. The summed E-state index contributed by atoms with van der Waals surface area (Å²) in [6, 6.07) is 7.68. The molecule has 86 valence electrons. The van der Waals surface area contributed by atoms with Crippen LogP contribution in [-0.2, 0) is 0 Å². The Bertz CT molecular complexity index is 391. The van der Waals surface area contributed by atoms with Crippen molar-refractivity contribution in [3.05, 3.63) is 21.9 Å². The van der Waals surface area contributed by atoms with Crippen molar-refractivity contribution in [2.75, 3.05) is 6.54 Å². The van der Waals surface area contributed by atoms with Crippen molar-refractivity contribution in [2.45, 2.75) is 45.2 Å². The summed E-state index contributed by atoms with van der Waals surface area (Å²) in [5.41, 5.74) is 0. The van der Waals surface area contributed by atoms with Gasteiger partial charge in [-0.1, -0.05) is 0 Å². The Morgan fingerprint density at radius 1 is 1.62 bits per heavy atom. The lowest BCUT2D eigenvalue weighted by molar-refractivity contribution is 0.197. The Hall–Kier alpha value is -0.850. The largest absolute Gasteiger partial charge is 0.292 e. The smallest absolute Gasteiger partial charge is 0.0638 e. The van der Waals surface area contributed by atoms with Crippen molar-refractivity contribution in [3.8, 4) is 6.07 Å². The van der Waals surface area contributed by atoms with E-state index in [1.807, 2.05) is 11.3 Å². The summed E-state index contributed by atoms with van der Waals surface area (Å²) >= 11 is 1.90. The second-order valence-corrected chi connectivity index (χ2v) is 5.88. The zero-order valence-corrected chi connectivity index (χ0v) is 10.8. The number of rotatable bonds is 3. The molecule has 0 radical (unpaired) electrons. The van der Waals surface area contributed by atoms with E-state index in [-0.39, 0.29) is 0 Å². The molecule has 2 unspecified atom stereocenters. The molecule has 1 saturated heterocycles. The molecule has 1 aliphatic rings. The third-order valence-corrected chi connectivity index (χ3v) is 4.44. The van der Waals surface area contributed by atoms with Crippen molar-refractivity contribution in [3.63, 3.8) is 0 Å². The first-order chi connectivity index (χ1) is 7.72. The van der Waals surface area contributed by atoms with Crippen LogP contribution in [0.25, 0.3) is 0 Å². The molecule has 1 aliphatic heterocycles. The normalized spacial score (nSPS) is 23.2. The van der Waals surface area contributed by atoms with Crippen molar-refractivity contribution < 1.29 is 0 Å². The van der Waals surface area contributed by atoms with Gasteiger partial charge in [-0.15, -0.1) is 11.3 Å². The fourth-order valence-electron chi connectivity index (χ4n) is 2.50. The Morgan fingerprint density at radius 3 is 3.06 bits per heavy atom. The van der Waals surface area contributed by atoms with Gasteiger partial charge in [-0.05, 0) is 45.4 Å². The van der Waals surface area contributed by atoms with Gasteiger partial charge in [-0.2, -0.15) is 5.26 Å². The van der Waals surface area contributed by atoms with Crippen LogP contribution in [0.15, 0.2) is 12.1 Å². The van der Waals surface area contributed by atoms with E-state index in [0.717, 1.165) is 6.54 Å². The van der Waals surface area contributed by atoms with Crippen molar-refractivity contribution in [1.29, 1.82) is 5.26 Å². The van der Waals surface area contributed by atoms with E-state index in [4.69, 9.17) is 5.26 Å². The number of nitrogens with zero attached hydrogens (tertiary/aromatic N) is 2. The van der Waals surface area contributed by atoms with E-state index in [9.17, 15) is 0 Å². The first-order valence-electron chi connectivity index (χ1n) is 5.91. The van der Waals surface area contributed by atoms with Gasteiger partial charge in [-0.3, -0.25) is 4.90 Å². The van der Waals surface area contributed by atoms with E-state index in [0.29, 0.717) is 18.5 Å². The van der Waals surface area contributed by atoms with Crippen LogP contribution in [0.5, 0.6) is 0 Å². The SMILES string of the molecule is Cc1ccc(C2CCCN2C(C)CC#N)s1. The molecular weight excluding hydrogens is 216 g/mol. The highest BCUT2D eigenvalue weighted by Gasteiger charge is 2.30. The van der Waals surface area contributed by atoms with Crippen LogP contribution in [0.3, 0.4) is 0 Å². The minimum atomic E-state index is 0.389. The molecule has 2 nitrogen and oxygen atoms in total. The third-order valence-electron chi connectivity index (χ3n) is 3.34. The number of aryl methyl sites for hydroxylation is 1. The highest BCUT2D eigenvalue weighted by atomic mass is 32.1. The molecule has 0 aromatic carbocycles. The predicted octanol–water partition coefficient (Wildman–Crippen LogP) is 3.50. The van der Waals surface area contributed by atoms with Crippen LogP contribution in [-0.4, -0.2) is 17.5 Å². The summed E-state index contributed by atoms with van der Waals surface area (Å²) < 4.78 is 0. The third kappa shape index (κ3) is 2.28. The standard InChI is InChI=1S/C13H18N2S/c1-10(7-8-14)15-9-3-4-12(15)13-6-5-11(2)16-13/h5-6,10,12H,3-4,7,9H2,1-2H3. The van der Waals surface area contributed by atoms with Crippen molar-refractivity contribution in [1.82, 2.24) is 4.90 Å². The molecule has 2 heterocycles. The summed E-state index contributed by atoms with van der Waals surface area (Å²) in [4.78, 5) is 5.35. The fourth-order valence-corrected chi connectivity index (χ4v) is 3.54. The van der Waals surface area contributed by atoms with E-state index in [1.165, 1.54) is 22.6 Å². The Morgan fingerprint density at radius 2 is 2.44 bits per heavy atom. The Labute approximate surface area is 102 Å². The lowest BCUT2D eigenvalue weighted by Crippen LogP contribution is -2.31. The Kier molecular flexibility index (Phi) is 3.63. The van der Waals surface area contributed by atoms with Gasteiger partial charge in [0, 0.05) is 21.8 Å². The molecule has 0 amide bonds. The quantitative estimate of drug-likeness (QED) is 0.800. The van der Waals surface area contributed by atoms with Crippen LogP contribution in [0.2, 0.25) is 0 Å². The first kappa shape index (κ1) is 11.6. The van der Waals surface area contributed by atoms with Gasteiger partial charge >= 0.3 is 0 Å². The summed E-state index contributed by atoms with van der Waals surface area (Å²) in [6.45, 7) is 5.47. The molecule has 1 aromatic rings. The van der Waals surface area contributed by atoms with Crippen LogP contribution in [0.4, 0.5) is 0 Å². The van der Waals surface area contributed by atoms with Crippen molar-refractivity contribution in [2.24, 2.45) is 0 Å². The molecule has 0 spiro atoms. The van der Waals surface area contributed by atoms with Gasteiger partial charge in [0.1, 0.15) is 0 Å². The Balaban J connectivity index is 2.12. The molecule has 16 heavy (non-hydrogen) atoms. The minimum Gasteiger partial charge on any atom is -0.292 e. The molecule has 1 fully saturated rings. The maximum Gasteiger partial charge on any atom is 0.0638 e. The number of nitriles is 1. The lowest BCUT2D eigenvalue weighted by atomic mass is 10.1. The molecule has 0 bridgehead atoms. The monoisotopic (exact) mass is 234 g/mol. The topological polar surface area (TPSA) is 27.0 Å². The predicted molar refractivity (Wildman–Crippen MR) is 67.4 cm³/mol. The first-order valence-corrected chi connectivity index (χ1v) is 6.73. The highest BCUT2D eigenvalue weighted by Crippen LogP contribution is 2.37. The summed E-state index contributed by atoms with van der Waals surface area (Å²) in [6.07, 6.45) is 3.15. The molecular formula is C13H18N2S.